The fraction of sp³-hybridized carbons (Fsp3) is 0.0455. The van der Waals surface area contributed by atoms with Gasteiger partial charge >= 0.3 is 0 Å². The number of allylic oxidation sites excluding steroid dienone is 1. The van der Waals surface area contributed by atoms with Crippen LogP contribution in [0.1, 0.15) is 11.6 Å². The molecule has 1 N–H and O–H groups in total. The molecule has 7 heteroatoms. The largest absolute Gasteiger partial charge is 0.497 e. The minimum atomic E-state index is -0.355. The summed E-state index contributed by atoms with van der Waals surface area (Å²) >= 11 is 5.91. The summed E-state index contributed by atoms with van der Waals surface area (Å²) in [5.41, 5.74) is 1.15. The number of halogens is 1. The molecule has 0 aliphatic rings. The Kier molecular flexibility index (Phi) is 4.90. The molecule has 0 atom stereocenters. The summed E-state index contributed by atoms with van der Waals surface area (Å²) in [7, 11) is 1.52. The van der Waals surface area contributed by atoms with Gasteiger partial charge in [0.25, 0.3) is 5.56 Å². The van der Waals surface area contributed by atoms with Crippen molar-refractivity contribution in [2.24, 2.45) is 0 Å². The highest BCUT2D eigenvalue weighted by molar-refractivity contribution is 6.30. The number of nitriles is 1. The third-order valence-corrected chi connectivity index (χ3v) is 4.58. The molecule has 2 aromatic heterocycles. The number of aromatic amines is 1. The number of hydrogen-bond donors (Lipinski definition) is 1. The zero-order chi connectivity index (χ0) is 20.4. The number of ether oxygens (including phenoxy) is 1. The van der Waals surface area contributed by atoms with Crippen molar-refractivity contribution < 1.29 is 9.15 Å². The number of hydrogen-bond acceptors (Lipinski definition) is 5. The van der Waals surface area contributed by atoms with Crippen LogP contribution in [0.5, 0.6) is 5.75 Å². The van der Waals surface area contributed by atoms with Crippen molar-refractivity contribution >= 4 is 34.2 Å². The maximum atomic E-state index is 12.4. The highest BCUT2D eigenvalue weighted by Gasteiger charge is 2.11. The van der Waals surface area contributed by atoms with Gasteiger partial charge in [0, 0.05) is 16.7 Å². The first kappa shape index (κ1) is 18.5. The zero-order valence-electron chi connectivity index (χ0n) is 15.3. The number of methoxy groups -OCH3 is 1. The van der Waals surface area contributed by atoms with E-state index in [-0.39, 0.29) is 17.0 Å². The maximum absolute atomic E-state index is 12.4. The van der Waals surface area contributed by atoms with Crippen molar-refractivity contribution in [2.45, 2.75) is 0 Å². The van der Waals surface area contributed by atoms with E-state index in [1.807, 2.05) is 12.1 Å². The second-order valence-electron chi connectivity index (χ2n) is 6.18. The Hall–Kier alpha value is -3.82. The van der Waals surface area contributed by atoms with Crippen LogP contribution in [0.25, 0.3) is 33.9 Å². The van der Waals surface area contributed by atoms with E-state index < -0.39 is 0 Å². The monoisotopic (exact) mass is 403 g/mol. The van der Waals surface area contributed by atoms with E-state index in [9.17, 15) is 10.1 Å². The topological polar surface area (TPSA) is 91.9 Å². The lowest BCUT2D eigenvalue weighted by atomic mass is 10.2. The molecule has 0 unspecified atom stereocenters. The number of furan rings is 1. The van der Waals surface area contributed by atoms with Gasteiger partial charge in [0.1, 0.15) is 23.3 Å². The van der Waals surface area contributed by atoms with Crippen LogP contribution >= 0.6 is 11.6 Å². The molecule has 0 saturated heterocycles. The lowest BCUT2D eigenvalue weighted by Gasteiger charge is -2.04. The minimum absolute atomic E-state index is 0.166. The first-order chi connectivity index (χ1) is 14.1. The number of rotatable bonds is 4. The summed E-state index contributed by atoms with van der Waals surface area (Å²) in [6, 6.07) is 17.8. The van der Waals surface area contributed by atoms with E-state index in [0.29, 0.717) is 33.2 Å². The van der Waals surface area contributed by atoms with E-state index >= 15 is 0 Å². The van der Waals surface area contributed by atoms with Gasteiger partial charge in [0.15, 0.2) is 5.82 Å². The van der Waals surface area contributed by atoms with Crippen molar-refractivity contribution in [1.29, 1.82) is 5.26 Å². The van der Waals surface area contributed by atoms with Gasteiger partial charge in [-0.1, -0.05) is 11.6 Å². The van der Waals surface area contributed by atoms with Crippen LogP contribution in [0.4, 0.5) is 0 Å². The normalized spacial score (nSPS) is 11.4. The Balaban J connectivity index is 1.72. The minimum Gasteiger partial charge on any atom is -0.497 e. The number of aromatic nitrogens is 2. The molecule has 0 aliphatic heterocycles. The predicted molar refractivity (Wildman–Crippen MR) is 112 cm³/mol. The molecule has 0 saturated carbocycles. The molecule has 2 heterocycles. The van der Waals surface area contributed by atoms with Gasteiger partial charge in [-0.15, -0.1) is 0 Å². The van der Waals surface area contributed by atoms with Crippen molar-refractivity contribution in [2.75, 3.05) is 7.11 Å². The van der Waals surface area contributed by atoms with Gasteiger partial charge in [-0.05, 0) is 54.6 Å². The van der Waals surface area contributed by atoms with Gasteiger partial charge < -0.3 is 14.1 Å². The molecular formula is C22H14ClN3O3. The van der Waals surface area contributed by atoms with Gasteiger partial charge in [0.05, 0.1) is 23.6 Å². The second kappa shape index (κ2) is 7.66. The number of H-pyrrole nitrogens is 1. The van der Waals surface area contributed by atoms with E-state index in [1.165, 1.54) is 13.2 Å². The van der Waals surface area contributed by atoms with Crippen molar-refractivity contribution in [3.05, 3.63) is 81.6 Å². The fourth-order valence-corrected chi connectivity index (χ4v) is 2.99. The maximum Gasteiger partial charge on any atom is 0.259 e. The number of nitrogens with zero attached hydrogens (tertiary/aromatic N) is 2. The van der Waals surface area contributed by atoms with Crippen molar-refractivity contribution in [3.63, 3.8) is 0 Å². The Labute approximate surface area is 170 Å². The molecule has 2 aromatic carbocycles. The molecule has 0 amide bonds. The average molecular weight is 404 g/mol. The Morgan fingerprint density at radius 1 is 1.21 bits per heavy atom. The molecule has 0 radical (unpaired) electrons. The first-order valence-electron chi connectivity index (χ1n) is 8.63. The van der Waals surface area contributed by atoms with Crippen LogP contribution in [0, 0.1) is 11.3 Å². The van der Waals surface area contributed by atoms with Crippen LogP contribution in [0.2, 0.25) is 5.02 Å². The van der Waals surface area contributed by atoms with Crippen LogP contribution in [0.15, 0.2) is 63.8 Å². The average Bonchev–Trinajstić information content (AvgIpc) is 3.21. The molecule has 6 nitrogen and oxygen atoms in total. The Morgan fingerprint density at radius 2 is 2.00 bits per heavy atom. The lowest BCUT2D eigenvalue weighted by Crippen LogP contribution is -2.11. The summed E-state index contributed by atoms with van der Waals surface area (Å²) in [5, 5.41) is 10.6. The first-order valence-corrected chi connectivity index (χ1v) is 9.01. The predicted octanol–water partition coefficient (Wildman–Crippen LogP) is 4.91. The van der Waals surface area contributed by atoms with E-state index in [1.54, 1.807) is 42.5 Å². The summed E-state index contributed by atoms with van der Waals surface area (Å²) in [4.78, 5) is 19.5. The number of benzene rings is 2. The van der Waals surface area contributed by atoms with Crippen LogP contribution in [-0.4, -0.2) is 17.1 Å². The summed E-state index contributed by atoms with van der Waals surface area (Å²) in [5.74, 6) is 1.82. The molecule has 0 spiro atoms. The lowest BCUT2D eigenvalue weighted by molar-refractivity contribution is 0.415. The number of fused-ring (bicyclic) bond motifs is 1. The quantitative estimate of drug-likeness (QED) is 0.489. The molecule has 0 fully saturated rings. The molecule has 0 bridgehead atoms. The van der Waals surface area contributed by atoms with Crippen molar-refractivity contribution in [3.8, 4) is 23.1 Å². The van der Waals surface area contributed by atoms with Crippen LogP contribution < -0.4 is 10.3 Å². The van der Waals surface area contributed by atoms with Gasteiger partial charge in [-0.3, -0.25) is 4.79 Å². The summed E-state index contributed by atoms with van der Waals surface area (Å²) < 4.78 is 10.9. The summed E-state index contributed by atoms with van der Waals surface area (Å²) in [6.07, 6.45) is 1.53. The molecule has 0 aliphatic carbocycles. The SMILES string of the molecule is COc1ccc2nc(C(C#N)=Cc3ccc(-c4ccc(Cl)cc4)o3)[nH]c(=O)c2c1. The Bertz CT molecular complexity index is 1330. The molecule has 4 rings (SSSR count). The van der Waals surface area contributed by atoms with Gasteiger partial charge in [0.2, 0.25) is 0 Å². The third-order valence-electron chi connectivity index (χ3n) is 4.33. The highest BCUT2D eigenvalue weighted by Crippen LogP contribution is 2.26. The highest BCUT2D eigenvalue weighted by atomic mass is 35.5. The van der Waals surface area contributed by atoms with Crippen molar-refractivity contribution in [1.82, 2.24) is 9.97 Å². The molecular weight excluding hydrogens is 390 g/mol. The van der Waals surface area contributed by atoms with E-state index in [2.05, 4.69) is 16.0 Å². The number of nitrogens with one attached hydrogen (secondary N) is 1. The summed E-state index contributed by atoms with van der Waals surface area (Å²) in [6.45, 7) is 0. The van der Waals surface area contributed by atoms with Gasteiger partial charge in [-0.2, -0.15) is 5.26 Å². The second-order valence-corrected chi connectivity index (χ2v) is 6.61. The fourth-order valence-electron chi connectivity index (χ4n) is 2.87. The van der Waals surface area contributed by atoms with E-state index in [0.717, 1.165) is 5.56 Å². The Morgan fingerprint density at radius 3 is 2.72 bits per heavy atom. The molecule has 4 aromatic rings. The van der Waals surface area contributed by atoms with Gasteiger partial charge in [-0.25, -0.2) is 4.98 Å². The molecule has 29 heavy (non-hydrogen) atoms. The smallest absolute Gasteiger partial charge is 0.259 e. The third kappa shape index (κ3) is 3.77. The standard InChI is InChI=1S/C22H14ClN3O3/c1-28-16-6-8-19-18(11-16)22(27)26-21(25-19)14(12-24)10-17-7-9-20(29-17)13-2-4-15(23)5-3-13/h2-11H,1H3,(H,25,26,27). The van der Waals surface area contributed by atoms with Crippen LogP contribution in [-0.2, 0) is 0 Å². The van der Waals surface area contributed by atoms with E-state index in [4.69, 9.17) is 20.8 Å². The zero-order valence-corrected chi connectivity index (χ0v) is 16.0. The molecule has 142 valence electrons. The van der Waals surface area contributed by atoms with Crippen LogP contribution in [0.3, 0.4) is 0 Å².